The molecule has 2 aromatic carbocycles. The molecule has 1 heterocycles. The highest BCUT2D eigenvalue weighted by atomic mass is 35.5. The van der Waals surface area contributed by atoms with Crippen molar-refractivity contribution in [3.63, 3.8) is 0 Å². The molecule has 7 heteroatoms. The molecule has 0 amide bonds. The van der Waals surface area contributed by atoms with Crippen LogP contribution < -0.4 is 19.2 Å². The molecule has 0 saturated carbocycles. The van der Waals surface area contributed by atoms with Crippen LogP contribution in [0.15, 0.2) is 24.3 Å². The summed E-state index contributed by atoms with van der Waals surface area (Å²) in [6.07, 6.45) is 0. The standard InChI is InChI=1S/C16H15Cl2N2O3/c1-4-23-20-14-8-16(22-3)12(18)6-10(14)9-5-11(17)15(21-2)7-13(9)19-20/h5-8H,4H2,1-3H3/q+1. The van der Waals surface area contributed by atoms with Gasteiger partial charge in [-0.15, -0.1) is 0 Å². The monoisotopic (exact) mass is 353 g/mol. The molecule has 0 bridgehead atoms. The van der Waals surface area contributed by atoms with E-state index in [0.29, 0.717) is 33.7 Å². The van der Waals surface area contributed by atoms with Crippen LogP contribution in [0.25, 0.3) is 21.8 Å². The third kappa shape index (κ3) is 2.71. The number of halogens is 2. The minimum atomic E-state index is 0.466. The number of ether oxygens (including phenoxy) is 2. The van der Waals surface area contributed by atoms with Gasteiger partial charge in [0.25, 0.3) is 0 Å². The van der Waals surface area contributed by atoms with Gasteiger partial charge in [0.2, 0.25) is 0 Å². The molecule has 23 heavy (non-hydrogen) atoms. The van der Waals surface area contributed by atoms with E-state index < -0.39 is 0 Å². The topological polar surface area (TPSA) is 44.5 Å². The van der Waals surface area contributed by atoms with Gasteiger partial charge in [-0.3, -0.25) is 0 Å². The summed E-state index contributed by atoms with van der Waals surface area (Å²) in [6, 6.07) is 7.19. The van der Waals surface area contributed by atoms with Crippen molar-refractivity contribution in [2.45, 2.75) is 6.92 Å². The van der Waals surface area contributed by atoms with Crippen molar-refractivity contribution in [2.24, 2.45) is 0 Å². The fourth-order valence-electron chi connectivity index (χ4n) is 2.44. The molecule has 1 aromatic heterocycles. The maximum atomic E-state index is 6.28. The van der Waals surface area contributed by atoms with Crippen LogP contribution in [0.2, 0.25) is 10.0 Å². The van der Waals surface area contributed by atoms with Crippen LogP contribution in [-0.4, -0.2) is 25.9 Å². The Labute approximate surface area is 143 Å². The maximum Gasteiger partial charge on any atom is 0.301 e. The largest absolute Gasteiger partial charge is 0.495 e. The predicted molar refractivity (Wildman–Crippen MR) is 89.7 cm³/mol. The van der Waals surface area contributed by atoms with E-state index in [1.165, 1.54) is 4.85 Å². The zero-order valence-electron chi connectivity index (χ0n) is 12.9. The van der Waals surface area contributed by atoms with E-state index in [9.17, 15) is 0 Å². The summed E-state index contributed by atoms with van der Waals surface area (Å²) < 4.78 is 10.5. The summed E-state index contributed by atoms with van der Waals surface area (Å²) in [5.74, 6) is 1.10. The lowest BCUT2D eigenvalue weighted by Crippen LogP contribution is -2.46. The van der Waals surface area contributed by atoms with Gasteiger partial charge in [0.05, 0.1) is 40.8 Å². The third-order valence-electron chi connectivity index (χ3n) is 3.49. The molecule has 0 unspecified atom stereocenters. The molecule has 0 aliphatic heterocycles. The number of fused-ring (bicyclic) bond motifs is 3. The number of hydrogen-bond acceptors (Lipinski definition) is 4. The average molecular weight is 354 g/mol. The summed E-state index contributed by atoms with van der Waals surface area (Å²) in [5, 5.41) is 7.22. The summed E-state index contributed by atoms with van der Waals surface area (Å²) in [7, 11) is 3.13. The molecule has 3 rings (SSSR count). The van der Waals surface area contributed by atoms with Gasteiger partial charge >= 0.3 is 5.52 Å². The molecule has 3 aromatic rings. The number of methoxy groups -OCH3 is 2. The lowest BCUT2D eigenvalue weighted by atomic mass is 10.1. The Morgan fingerprint density at radius 3 is 2.17 bits per heavy atom. The molecular formula is C16H15Cl2N2O3+. The van der Waals surface area contributed by atoms with E-state index in [2.05, 4.69) is 5.10 Å². The van der Waals surface area contributed by atoms with Gasteiger partial charge in [-0.05, 0) is 19.1 Å². The number of rotatable bonds is 4. The second-order valence-electron chi connectivity index (χ2n) is 4.80. The molecular weight excluding hydrogens is 339 g/mol. The minimum absolute atomic E-state index is 0.466. The summed E-state index contributed by atoms with van der Waals surface area (Å²) >= 11 is 12.5. The van der Waals surface area contributed by atoms with Crippen LogP contribution in [0.4, 0.5) is 0 Å². The first-order valence-electron chi connectivity index (χ1n) is 6.99. The van der Waals surface area contributed by atoms with Crippen LogP contribution in [0, 0.1) is 0 Å². The van der Waals surface area contributed by atoms with Gasteiger partial charge in [0.15, 0.2) is 6.61 Å². The molecule has 0 saturated heterocycles. The lowest BCUT2D eigenvalue weighted by molar-refractivity contribution is -0.913. The van der Waals surface area contributed by atoms with E-state index in [1.807, 2.05) is 19.1 Å². The molecule has 0 fully saturated rings. The SMILES string of the molecule is CCO[n+]1nc2cc(OC)c(Cl)cc2c2cc(Cl)c(OC)cc21. The van der Waals surface area contributed by atoms with Crippen LogP contribution >= 0.6 is 23.2 Å². The van der Waals surface area contributed by atoms with Crippen LogP contribution in [0.3, 0.4) is 0 Å². The molecule has 0 spiro atoms. The Kier molecular flexibility index (Phi) is 4.33. The van der Waals surface area contributed by atoms with Crippen LogP contribution in [-0.2, 0) is 0 Å². The van der Waals surface area contributed by atoms with Crippen molar-refractivity contribution in [2.75, 3.05) is 20.8 Å². The van der Waals surface area contributed by atoms with E-state index in [1.54, 1.807) is 26.4 Å². The Bertz CT molecular complexity index is 900. The van der Waals surface area contributed by atoms with Crippen molar-refractivity contribution in [3.05, 3.63) is 34.3 Å². The molecule has 120 valence electrons. The Hall–Kier alpha value is -1.98. The van der Waals surface area contributed by atoms with Crippen molar-refractivity contribution < 1.29 is 19.2 Å². The molecule has 0 aliphatic rings. The fourth-order valence-corrected chi connectivity index (χ4v) is 2.92. The van der Waals surface area contributed by atoms with E-state index >= 15 is 0 Å². The minimum Gasteiger partial charge on any atom is -0.495 e. The van der Waals surface area contributed by atoms with Gasteiger partial charge in [-0.25, -0.2) is 4.84 Å². The highest BCUT2D eigenvalue weighted by molar-refractivity contribution is 6.34. The summed E-state index contributed by atoms with van der Waals surface area (Å²) in [5.41, 5.74) is 1.43. The van der Waals surface area contributed by atoms with Gasteiger partial charge < -0.3 is 9.47 Å². The second kappa shape index (κ2) is 6.26. The van der Waals surface area contributed by atoms with Gasteiger partial charge in [-0.2, -0.15) is 0 Å². The van der Waals surface area contributed by atoms with Crippen molar-refractivity contribution >= 4 is 45.0 Å². The average Bonchev–Trinajstić information content (AvgIpc) is 2.55. The smallest absolute Gasteiger partial charge is 0.301 e. The molecule has 0 aliphatic carbocycles. The summed E-state index contributed by atoms with van der Waals surface area (Å²) in [6.45, 7) is 2.36. The molecule has 0 N–H and O–H groups in total. The number of benzene rings is 2. The highest BCUT2D eigenvalue weighted by Gasteiger charge is 2.21. The first-order chi connectivity index (χ1) is 11.1. The van der Waals surface area contributed by atoms with Gasteiger partial charge in [0.1, 0.15) is 21.9 Å². The Morgan fingerprint density at radius 1 is 0.957 bits per heavy atom. The second-order valence-corrected chi connectivity index (χ2v) is 5.61. The quantitative estimate of drug-likeness (QED) is 0.532. The van der Waals surface area contributed by atoms with Crippen LogP contribution in [0.5, 0.6) is 11.5 Å². The molecule has 0 radical (unpaired) electrons. The number of hydrogen-bond donors (Lipinski definition) is 0. The number of nitrogens with zero attached hydrogens (tertiary/aromatic N) is 2. The first kappa shape index (κ1) is 15.9. The Balaban J connectivity index is 2.44. The molecule has 0 atom stereocenters. The predicted octanol–water partition coefficient (Wildman–Crippen LogP) is 3.45. The number of aromatic nitrogens is 2. The zero-order chi connectivity index (χ0) is 16.6. The van der Waals surface area contributed by atoms with Crippen molar-refractivity contribution in [3.8, 4) is 11.5 Å². The normalized spacial score (nSPS) is 11.0. The molecule has 5 nitrogen and oxygen atoms in total. The van der Waals surface area contributed by atoms with E-state index in [0.717, 1.165) is 16.3 Å². The Morgan fingerprint density at radius 2 is 1.57 bits per heavy atom. The highest BCUT2D eigenvalue weighted by Crippen LogP contribution is 2.35. The van der Waals surface area contributed by atoms with E-state index in [-0.39, 0.29) is 0 Å². The van der Waals surface area contributed by atoms with Crippen molar-refractivity contribution in [1.82, 2.24) is 5.10 Å². The van der Waals surface area contributed by atoms with Crippen LogP contribution in [0.1, 0.15) is 6.92 Å². The van der Waals surface area contributed by atoms with Crippen molar-refractivity contribution in [1.29, 1.82) is 0 Å². The lowest BCUT2D eigenvalue weighted by Gasteiger charge is -2.08. The maximum absolute atomic E-state index is 6.28. The fraction of sp³-hybridized carbons (Fsp3) is 0.250. The van der Waals surface area contributed by atoms with E-state index in [4.69, 9.17) is 37.5 Å². The third-order valence-corrected chi connectivity index (χ3v) is 4.08. The zero-order valence-corrected chi connectivity index (χ0v) is 14.4. The first-order valence-corrected chi connectivity index (χ1v) is 7.74. The summed E-state index contributed by atoms with van der Waals surface area (Å²) in [4.78, 5) is 7.07. The van der Waals surface area contributed by atoms with Gasteiger partial charge in [0, 0.05) is 11.5 Å². The van der Waals surface area contributed by atoms with Gasteiger partial charge in [-0.1, -0.05) is 23.2 Å².